The molecule has 0 spiro atoms. The molecular weight excluding hydrogens is 252 g/mol. The van der Waals surface area contributed by atoms with Gasteiger partial charge in [-0.25, -0.2) is 9.67 Å². The molecule has 0 aromatic carbocycles. The number of rotatable bonds is 2. The summed E-state index contributed by atoms with van der Waals surface area (Å²) < 4.78 is 1.68. The number of amides is 1. The van der Waals surface area contributed by atoms with Crippen molar-refractivity contribution in [3.63, 3.8) is 0 Å². The van der Waals surface area contributed by atoms with E-state index in [0.717, 1.165) is 24.3 Å². The van der Waals surface area contributed by atoms with Gasteiger partial charge in [0.05, 0.1) is 0 Å². The van der Waals surface area contributed by atoms with E-state index in [1.807, 2.05) is 6.92 Å². The van der Waals surface area contributed by atoms with E-state index in [-0.39, 0.29) is 11.9 Å². The Labute approximate surface area is 119 Å². The molecule has 3 atom stereocenters. The summed E-state index contributed by atoms with van der Waals surface area (Å²) in [4.78, 5) is 19.0. The third-order valence-electron chi connectivity index (χ3n) is 5.58. The molecule has 0 N–H and O–H groups in total. The topological polar surface area (TPSA) is 51.0 Å². The predicted molar refractivity (Wildman–Crippen MR) is 73.8 cm³/mol. The Hall–Kier alpha value is -1.39. The van der Waals surface area contributed by atoms with Crippen LogP contribution in [-0.4, -0.2) is 38.2 Å². The van der Waals surface area contributed by atoms with Gasteiger partial charge in [-0.15, -0.1) is 0 Å². The molecule has 5 nitrogen and oxygen atoms in total. The van der Waals surface area contributed by atoms with E-state index in [1.165, 1.54) is 38.4 Å². The standard InChI is InChI=1S/C15H22N4O/c1-10(19-9-16-8-17-19)15(20)18-7-13-3-11-2-12(4-13)6-14(18)5-11/h8-14H,2-7H2,1H3. The van der Waals surface area contributed by atoms with Crippen molar-refractivity contribution in [1.29, 1.82) is 0 Å². The largest absolute Gasteiger partial charge is 0.338 e. The van der Waals surface area contributed by atoms with Crippen molar-refractivity contribution >= 4 is 5.91 Å². The summed E-state index contributed by atoms with van der Waals surface area (Å²) in [6, 6.07) is 0.248. The minimum atomic E-state index is -0.229. The fourth-order valence-electron chi connectivity index (χ4n) is 4.82. The molecule has 3 unspecified atom stereocenters. The van der Waals surface area contributed by atoms with Gasteiger partial charge >= 0.3 is 0 Å². The SMILES string of the molecule is CC(C(=O)N1CC2CC3CC(C2)CC1C3)n1cncn1. The Morgan fingerprint density at radius 2 is 1.85 bits per heavy atom. The number of carbonyl (C=O) groups excluding carboxylic acids is 1. The number of aromatic nitrogens is 3. The maximum Gasteiger partial charge on any atom is 0.247 e. The van der Waals surface area contributed by atoms with Crippen LogP contribution in [0.1, 0.15) is 45.1 Å². The Balaban J connectivity index is 1.57. The van der Waals surface area contributed by atoms with Crippen LogP contribution >= 0.6 is 0 Å². The molecule has 4 fully saturated rings. The van der Waals surface area contributed by atoms with Gasteiger partial charge in [0, 0.05) is 12.6 Å². The quantitative estimate of drug-likeness (QED) is 0.827. The monoisotopic (exact) mass is 274 g/mol. The highest BCUT2D eigenvalue weighted by Gasteiger charge is 2.44. The molecule has 2 aliphatic heterocycles. The lowest BCUT2D eigenvalue weighted by molar-refractivity contribution is -0.137. The van der Waals surface area contributed by atoms with Gasteiger partial charge in [-0.2, -0.15) is 5.10 Å². The molecule has 108 valence electrons. The van der Waals surface area contributed by atoms with Crippen LogP contribution in [0.3, 0.4) is 0 Å². The van der Waals surface area contributed by atoms with Gasteiger partial charge in [0.2, 0.25) is 5.91 Å². The van der Waals surface area contributed by atoms with E-state index in [4.69, 9.17) is 0 Å². The lowest BCUT2D eigenvalue weighted by Gasteiger charge is -2.39. The summed E-state index contributed by atoms with van der Waals surface area (Å²) in [5.41, 5.74) is 0. The highest BCUT2D eigenvalue weighted by atomic mass is 16.2. The fraction of sp³-hybridized carbons (Fsp3) is 0.800. The summed E-state index contributed by atoms with van der Waals surface area (Å²) in [6.45, 7) is 2.90. The van der Waals surface area contributed by atoms with Gasteiger partial charge in [-0.1, -0.05) is 0 Å². The molecule has 1 aromatic rings. The van der Waals surface area contributed by atoms with Crippen molar-refractivity contribution < 1.29 is 4.79 Å². The van der Waals surface area contributed by atoms with Crippen LogP contribution in [0, 0.1) is 17.8 Å². The smallest absolute Gasteiger partial charge is 0.247 e. The van der Waals surface area contributed by atoms with Crippen LogP contribution < -0.4 is 0 Å². The van der Waals surface area contributed by atoms with Crippen LogP contribution in [0.4, 0.5) is 0 Å². The number of hydrogen-bond donors (Lipinski definition) is 0. The molecule has 2 saturated heterocycles. The lowest BCUT2D eigenvalue weighted by Crippen LogP contribution is -2.45. The molecular formula is C15H22N4O. The van der Waals surface area contributed by atoms with Gasteiger partial charge in [-0.05, 0) is 56.8 Å². The third kappa shape index (κ3) is 1.95. The number of nitrogens with zero attached hydrogens (tertiary/aromatic N) is 4. The first-order chi connectivity index (χ1) is 9.70. The average Bonchev–Trinajstić information content (AvgIpc) is 2.89. The zero-order valence-electron chi connectivity index (χ0n) is 12.0. The van der Waals surface area contributed by atoms with Crippen LogP contribution in [0.2, 0.25) is 0 Å². The van der Waals surface area contributed by atoms with Gasteiger partial charge < -0.3 is 4.90 Å². The molecule has 5 heteroatoms. The molecule has 2 aliphatic carbocycles. The summed E-state index contributed by atoms with van der Waals surface area (Å²) >= 11 is 0. The summed E-state index contributed by atoms with van der Waals surface area (Å²) in [5, 5.41) is 4.12. The maximum atomic E-state index is 12.9. The minimum absolute atomic E-state index is 0.229. The minimum Gasteiger partial charge on any atom is -0.338 e. The van der Waals surface area contributed by atoms with Crippen LogP contribution in [0.15, 0.2) is 12.7 Å². The average molecular weight is 274 g/mol. The van der Waals surface area contributed by atoms with E-state index in [0.29, 0.717) is 6.04 Å². The van der Waals surface area contributed by atoms with Crippen molar-refractivity contribution in [1.82, 2.24) is 19.7 Å². The van der Waals surface area contributed by atoms with Crippen molar-refractivity contribution in [3.05, 3.63) is 12.7 Å². The van der Waals surface area contributed by atoms with E-state index < -0.39 is 0 Å². The van der Waals surface area contributed by atoms with E-state index in [1.54, 1.807) is 11.0 Å². The van der Waals surface area contributed by atoms with Crippen molar-refractivity contribution in [2.75, 3.05) is 6.54 Å². The normalized spacial score (nSPS) is 37.0. The Bertz CT molecular complexity index is 486. The summed E-state index contributed by atoms with van der Waals surface area (Å²) in [6.07, 6.45) is 9.69. The first-order valence-corrected chi connectivity index (χ1v) is 7.85. The van der Waals surface area contributed by atoms with Crippen LogP contribution in [-0.2, 0) is 4.79 Å². The molecule has 3 heterocycles. The molecule has 4 aliphatic rings. The van der Waals surface area contributed by atoms with Crippen molar-refractivity contribution in [3.8, 4) is 0 Å². The molecule has 1 aromatic heterocycles. The molecule has 2 saturated carbocycles. The highest BCUT2D eigenvalue weighted by molar-refractivity contribution is 5.80. The van der Waals surface area contributed by atoms with E-state index >= 15 is 0 Å². The molecule has 5 rings (SSSR count). The summed E-state index contributed by atoms with van der Waals surface area (Å²) in [5.74, 6) is 2.71. The predicted octanol–water partition coefficient (Wildman–Crippen LogP) is 1.88. The van der Waals surface area contributed by atoms with E-state index in [9.17, 15) is 4.79 Å². The summed E-state index contributed by atoms with van der Waals surface area (Å²) in [7, 11) is 0. The molecule has 0 radical (unpaired) electrons. The second-order valence-corrected chi connectivity index (χ2v) is 6.97. The van der Waals surface area contributed by atoms with Crippen molar-refractivity contribution in [2.45, 2.75) is 51.1 Å². The van der Waals surface area contributed by atoms with Crippen LogP contribution in [0.25, 0.3) is 0 Å². The molecule has 1 amide bonds. The van der Waals surface area contributed by atoms with Gasteiger partial charge in [-0.3, -0.25) is 4.79 Å². The van der Waals surface area contributed by atoms with Gasteiger partial charge in [0.1, 0.15) is 18.7 Å². The van der Waals surface area contributed by atoms with Gasteiger partial charge in [0.25, 0.3) is 0 Å². The first-order valence-electron chi connectivity index (χ1n) is 7.85. The molecule has 4 bridgehead atoms. The Morgan fingerprint density at radius 3 is 2.50 bits per heavy atom. The number of hydrogen-bond acceptors (Lipinski definition) is 3. The Morgan fingerprint density at radius 1 is 1.15 bits per heavy atom. The maximum absolute atomic E-state index is 12.9. The fourth-order valence-corrected chi connectivity index (χ4v) is 4.82. The van der Waals surface area contributed by atoms with Crippen LogP contribution in [0.5, 0.6) is 0 Å². The van der Waals surface area contributed by atoms with E-state index in [2.05, 4.69) is 15.0 Å². The van der Waals surface area contributed by atoms with Crippen molar-refractivity contribution in [2.24, 2.45) is 17.8 Å². The number of fused-ring (bicyclic) bond motifs is 1. The first kappa shape index (κ1) is 12.4. The van der Waals surface area contributed by atoms with Gasteiger partial charge in [0.15, 0.2) is 0 Å². The zero-order valence-corrected chi connectivity index (χ0v) is 12.0. The Kier molecular flexibility index (Phi) is 2.82. The number of carbonyl (C=O) groups is 1. The lowest BCUT2D eigenvalue weighted by atomic mass is 9.68. The third-order valence-corrected chi connectivity index (χ3v) is 5.58. The molecule has 20 heavy (non-hydrogen) atoms. The highest BCUT2D eigenvalue weighted by Crippen LogP contribution is 2.47. The zero-order chi connectivity index (χ0) is 13.7. The second kappa shape index (κ2) is 4.57. The second-order valence-electron chi connectivity index (χ2n) is 6.97.